The third-order valence-electron chi connectivity index (χ3n) is 4.75. The molecule has 0 bridgehead atoms. The number of benzene rings is 2. The Bertz CT molecular complexity index is 992. The van der Waals surface area contributed by atoms with Gasteiger partial charge < -0.3 is 10.2 Å². The molecule has 1 unspecified atom stereocenters. The summed E-state index contributed by atoms with van der Waals surface area (Å²) in [5.41, 5.74) is 1.56. The molecule has 2 aromatic carbocycles. The first-order chi connectivity index (χ1) is 14.5. The monoisotopic (exact) mass is 486 g/mol. The van der Waals surface area contributed by atoms with Crippen molar-refractivity contribution in [2.75, 3.05) is 11.9 Å². The largest absolute Gasteiger partial charge is 0.335 e. The van der Waals surface area contributed by atoms with Gasteiger partial charge in [-0.1, -0.05) is 64.5 Å². The molecule has 2 amide bonds. The lowest BCUT2D eigenvalue weighted by Gasteiger charge is -2.28. The number of halogens is 1. The second-order valence-corrected chi connectivity index (χ2v) is 8.73. The van der Waals surface area contributed by atoms with Gasteiger partial charge in [0, 0.05) is 34.6 Å². The van der Waals surface area contributed by atoms with Crippen molar-refractivity contribution < 1.29 is 9.59 Å². The SMILES string of the molecule is CCC(C)N(CCC(=O)Nc1nnc(-c2ccccc2)s1)C(=O)c1ccc(Br)cc1. The van der Waals surface area contributed by atoms with E-state index in [9.17, 15) is 9.59 Å². The highest BCUT2D eigenvalue weighted by molar-refractivity contribution is 9.10. The fourth-order valence-corrected chi connectivity index (χ4v) is 3.91. The molecule has 1 aromatic heterocycles. The molecular weight excluding hydrogens is 464 g/mol. The standard InChI is InChI=1S/C22H23BrN4O2S/c1-3-15(2)27(21(29)17-9-11-18(23)12-10-17)14-13-19(28)24-22-26-25-20(30-22)16-7-5-4-6-8-16/h4-12,15H,3,13-14H2,1-2H3,(H,24,26,28). The van der Waals surface area contributed by atoms with Crippen molar-refractivity contribution in [2.24, 2.45) is 0 Å². The molecule has 3 rings (SSSR count). The van der Waals surface area contributed by atoms with E-state index in [1.165, 1.54) is 11.3 Å². The number of nitrogens with zero attached hydrogens (tertiary/aromatic N) is 3. The van der Waals surface area contributed by atoms with Gasteiger partial charge in [0.05, 0.1) is 0 Å². The molecule has 156 valence electrons. The van der Waals surface area contributed by atoms with Crippen molar-refractivity contribution in [1.82, 2.24) is 15.1 Å². The summed E-state index contributed by atoms with van der Waals surface area (Å²) in [6.45, 7) is 4.35. The number of rotatable bonds is 8. The Morgan fingerprint density at radius 2 is 1.80 bits per heavy atom. The second kappa shape index (κ2) is 10.4. The molecule has 0 fully saturated rings. The highest BCUT2D eigenvalue weighted by Gasteiger charge is 2.21. The number of anilines is 1. The van der Waals surface area contributed by atoms with E-state index in [2.05, 4.69) is 31.4 Å². The number of aromatic nitrogens is 2. The molecule has 0 saturated carbocycles. The zero-order valence-electron chi connectivity index (χ0n) is 16.8. The van der Waals surface area contributed by atoms with Gasteiger partial charge in [-0.3, -0.25) is 9.59 Å². The lowest BCUT2D eigenvalue weighted by molar-refractivity contribution is -0.116. The summed E-state index contributed by atoms with van der Waals surface area (Å²) in [7, 11) is 0. The van der Waals surface area contributed by atoms with Crippen LogP contribution in [-0.2, 0) is 4.79 Å². The van der Waals surface area contributed by atoms with E-state index in [0.29, 0.717) is 17.2 Å². The molecule has 0 radical (unpaired) electrons. The van der Waals surface area contributed by atoms with Gasteiger partial charge in [-0.2, -0.15) is 0 Å². The van der Waals surface area contributed by atoms with Gasteiger partial charge in [0.1, 0.15) is 5.01 Å². The first-order valence-corrected chi connectivity index (χ1v) is 11.3. The van der Waals surface area contributed by atoms with Crippen molar-refractivity contribution >= 4 is 44.2 Å². The molecule has 3 aromatic rings. The summed E-state index contributed by atoms with van der Waals surface area (Å²) < 4.78 is 0.917. The summed E-state index contributed by atoms with van der Waals surface area (Å²) in [6.07, 6.45) is 0.994. The van der Waals surface area contributed by atoms with Crippen LogP contribution in [0.1, 0.15) is 37.0 Å². The number of nitrogens with one attached hydrogen (secondary N) is 1. The van der Waals surface area contributed by atoms with E-state index < -0.39 is 0 Å². The minimum absolute atomic E-state index is 0.0279. The molecule has 30 heavy (non-hydrogen) atoms. The van der Waals surface area contributed by atoms with E-state index in [1.54, 1.807) is 17.0 Å². The minimum Gasteiger partial charge on any atom is -0.335 e. The van der Waals surface area contributed by atoms with Crippen LogP contribution in [-0.4, -0.2) is 39.5 Å². The van der Waals surface area contributed by atoms with E-state index in [1.807, 2.05) is 56.3 Å². The van der Waals surface area contributed by atoms with Crippen LogP contribution in [0.2, 0.25) is 0 Å². The zero-order valence-corrected chi connectivity index (χ0v) is 19.2. The van der Waals surface area contributed by atoms with Crippen LogP contribution in [0.4, 0.5) is 5.13 Å². The Balaban J connectivity index is 1.61. The molecule has 0 saturated heterocycles. The minimum atomic E-state index is -0.192. The average molecular weight is 487 g/mol. The first kappa shape index (κ1) is 22.1. The number of hydrogen-bond donors (Lipinski definition) is 1. The quantitative estimate of drug-likeness (QED) is 0.472. The number of hydrogen-bond acceptors (Lipinski definition) is 5. The van der Waals surface area contributed by atoms with E-state index in [4.69, 9.17) is 0 Å². The third-order valence-corrected chi connectivity index (χ3v) is 6.16. The maximum Gasteiger partial charge on any atom is 0.254 e. The van der Waals surface area contributed by atoms with E-state index in [0.717, 1.165) is 21.5 Å². The molecule has 0 aliphatic rings. The average Bonchev–Trinajstić information content (AvgIpc) is 3.23. The van der Waals surface area contributed by atoms with Crippen LogP contribution in [0.5, 0.6) is 0 Å². The lowest BCUT2D eigenvalue weighted by Crippen LogP contribution is -2.40. The molecule has 8 heteroatoms. The van der Waals surface area contributed by atoms with Gasteiger partial charge in [-0.05, 0) is 37.6 Å². The molecule has 1 heterocycles. The molecule has 0 aliphatic heterocycles. The van der Waals surface area contributed by atoms with Gasteiger partial charge in [0.2, 0.25) is 11.0 Å². The number of carbonyl (C=O) groups is 2. The van der Waals surface area contributed by atoms with Gasteiger partial charge in [-0.25, -0.2) is 0 Å². The second-order valence-electron chi connectivity index (χ2n) is 6.84. The maximum absolute atomic E-state index is 12.9. The van der Waals surface area contributed by atoms with Crippen molar-refractivity contribution in [3.63, 3.8) is 0 Å². The van der Waals surface area contributed by atoms with Gasteiger partial charge in [0.15, 0.2) is 0 Å². The van der Waals surface area contributed by atoms with Crippen molar-refractivity contribution in [3.05, 3.63) is 64.6 Å². The fraction of sp³-hybridized carbons (Fsp3) is 0.273. The fourth-order valence-electron chi connectivity index (χ4n) is 2.88. The summed E-state index contributed by atoms with van der Waals surface area (Å²) in [4.78, 5) is 27.2. The number of amides is 2. The lowest BCUT2D eigenvalue weighted by atomic mass is 10.1. The molecule has 1 N–H and O–H groups in total. The van der Waals surface area contributed by atoms with Crippen molar-refractivity contribution in [1.29, 1.82) is 0 Å². The van der Waals surface area contributed by atoms with E-state index in [-0.39, 0.29) is 24.3 Å². The zero-order chi connectivity index (χ0) is 21.5. The van der Waals surface area contributed by atoms with Crippen LogP contribution in [0.3, 0.4) is 0 Å². The Labute approximate surface area is 188 Å². The van der Waals surface area contributed by atoms with Gasteiger partial charge in [-0.15, -0.1) is 10.2 Å². The smallest absolute Gasteiger partial charge is 0.254 e. The van der Waals surface area contributed by atoms with Crippen LogP contribution in [0.25, 0.3) is 10.6 Å². The highest BCUT2D eigenvalue weighted by Crippen LogP contribution is 2.26. The van der Waals surface area contributed by atoms with Crippen LogP contribution >= 0.6 is 27.3 Å². The normalized spacial score (nSPS) is 11.7. The Kier molecular flexibility index (Phi) is 7.70. The van der Waals surface area contributed by atoms with Gasteiger partial charge >= 0.3 is 0 Å². The molecule has 0 spiro atoms. The Morgan fingerprint density at radius 3 is 2.47 bits per heavy atom. The van der Waals surface area contributed by atoms with Crippen LogP contribution in [0, 0.1) is 0 Å². The first-order valence-electron chi connectivity index (χ1n) is 9.73. The van der Waals surface area contributed by atoms with Crippen LogP contribution in [0.15, 0.2) is 59.1 Å². The summed E-state index contributed by atoms with van der Waals surface area (Å²) in [5.74, 6) is -0.269. The van der Waals surface area contributed by atoms with Gasteiger partial charge in [0.25, 0.3) is 5.91 Å². The Morgan fingerprint density at radius 1 is 1.10 bits per heavy atom. The van der Waals surface area contributed by atoms with E-state index >= 15 is 0 Å². The number of carbonyl (C=O) groups excluding carboxylic acids is 2. The highest BCUT2D eigenvalue weighted by atomic mass is 79.9. The third kappa shape index (κ3) is 5.73. The van der Waals surface area contributed by atoms with Crippen molar-refractivity contribution in [3.8, 4) is 10.6 Å². The summed E-state index contributed by atoms with van der Waals surface area (Å²) in [5, 5.41) is 12.2. The summed E-state index contributed by atoms with van der Waals surface area (Å²) >= 11 is 4.71. The topological polar surface area (TPSA) is 75.2 Å². The molecule has 0 aliphatic carbocycles. The van der Waals surface area contributed by atoms with Crippen LogP contribution < -0.4 is 5.32 Å². The van der Waals surface area contributed by atoms with Crippen molar-refractivity contribution in [2.45, 2.75) is 32.7 Å². The molecule has 6 nitrogen and oxygen atoms in total. The maximum atomic E-state index is 12.9. The molecular formula is C22H23BrN4O2S. The Hall–Kier alpha value is -2.58. The predicted molar refractivity (Wildman–Crippen MR) is 124 cm³/mol. The predicted octanol–water partition coefficient (Wildman–Crippen LogP) is 5.24. The molecule has 1 atom stereocenters. The summed E-state index contributed by atoms with van der Waals surface area (Å²) in [6, 6.07) is 17.0.